The average Bonchev–Trinajstić information content (AvgIpc) is 2.87. The SMILES string of the molecule is CN1C(=O)CCN1c1ccccc1C1(CN)CCCCC1. The number of hydrazine groups is 1. The molecule has 21 heavy (non-hydrogen) atoms. The van der Waals surface area contributed by atoms with E-state index in [1.807, 2.05) is 7.05 Å². The first-order valence-corrected chi connectivity index (χ1v) is 8.01. The van der Waals surface area contributed by atoms with Crippen molar-refractivity contribution >= 4 is 11.6 Å². The van der Waals surface area contributed by atoms with E-state index in [1.54, 1.807) is 5.01 Å². The lowest BCUT2D eigenvalue weighted by Crippen LogP contribution is -2.41. The summed E-state index contributed by atoms with van der Waals surface area (Å²) in [5.74, 6) is 0.190. The zero-order valence-corrected chi connectivity index (χ0v) is 12.8. The Balaban J connectivity index is 2.01. The van der Waals surface area contributed by atoms with Gasteiger partial charge in [-0.1, -0.05) is 37.5 Å². The number of amides is 1. The van der Waals surface area contributed by atoms with Crippen LogP contribution < -0.4 is 10.7 Å². The van der Waals surface area contributed by atoms with E-state index in [4.69, 9.17) is 5.73 Å². The Hall–Kier alpha value is -1.55. The van der Waals surface area contributed by atoms with Crippen LogP contribution in [0.15, 0.2) is 24.3 Å². The summed E-state index contributed by atoms with van der Waals surface area (Å²) in [6.07, 6.45) is 6.73. The molecule has 1 saturated carbocycles. The lowest BCUT2D eigenvalue weighted by molar-refractivity contribution is -0.126. The molecule has 1 aromatic carbocycles. The number of nitrogens with two attached hydrogens (primary N) is 1. The van der Waals surface area contributed by atoms with Crippen molar-refractivity contribution in [3.05, 3.63) is 29.8 Å². The second-order valence-electron chi connectivity index (χ2n) is 6.35. The largest absolute Gasteiger partial charge is 0.330 e. The summed E-state index contributed by atoms with van der Waals surface area (Å²) < 4.78 is 0. The van der Waals surface area contributed by atoms with Gasteiger partial charge in [-0.15, -0.1) is 0 Å². The topological polar surface area (TPSA) is 49.6 Å². The van der Waals surface area contributed by atoms with Crippen molar-refractivity contribution in [1.82, 2.24) is 5.01 Å². The van der Waals surface area contributed by atoms with E-state index >= 15 is 0 Å². The molecule has 0 unspecified atom stereocenters. The molecule has 114 valence electrons. The van der Waals surface area contributed by atoms with Crippen LogP contribution in [0.3, 0.4) is 0 Å². The first-order chi connectivity index (χ1) is 10.2. The van der Waals surface area contributed by atoms with Crippen LogP contribution in [0.2, 0.25) is 0 Å². The quantitative estimate of drug-likeness (QED) is 0.929. The minimum Gasteiger partial charge on any atom is -0.330 e. The molecule has 2 aliphatic rings. The van der Waals surface area contributed by atoms with Gasteiger partial charge < -0.3 is 5.73 Å². The number of carbonyl (C=O) groups excluding carboxylic acids is 1. The summed E-state index contributed by atoms with van der Waals surface area (Å²) in [7, 11) is 1.86. The highest BCUT2D eigenvalue weighted by Crippen LogP contribution is 2.43. The second-order valence-corrected chi connectivity index (χ2v) is 6.35. The van der Waals surface area contributed by atoms with Gasteiger partial charge in [0.05, 0.1) is 5.69 Å². The lowest BCUT2D eigenvalue weighted by atomic mass is 9.69. The van der Waals surface area contributed by atoms with Gasteiger partial charge in [0, 0.05) is 32.0 Å². The molecule has 1 aliphatic carbocycles. The molecule has 0 bridgehead atoms. The zero-order chi connectivity index (χ0) is 14.9. The first-order valence-electron chi connectivity index (χ1n) is 8.01. The van der Waals surface area contributed by atoms with Crippen molar-refractivity contribution in [3.8, 4) is 0 Å². The van der Waals surface area contributed by atoms with Crippen molar-refractivity contribution < 1.29 is 4.79 Å². The predicted molar refractivity (Wildman–Crippen MR) is 85.0 cm³/mol. The summed E-state index contributed by atoms with van der Waals surface area (Å²) in [5, 5.41) is 3.87. The predicted octanol–water partition coefficient (Wildman–Crippen LogP) is 2.43. The Morgan fingerprint density at radius 3 is 2.52 bits per heavy atom. The molecule has 1 aliphatic heterocycles. The van der Waals surface area contributed by atoms with Gasteiger partial charge in [-0.2, -0.15) is 0 Å². The van der Waals surface area contributed by atoms with E-state index in [9.17, 15) is 4.79 Å². The standard InChI is InChI=1S/C17H25N3O/c1-19-16(21)9-12-20(19)15-8-4-3-7-14(15)17(13-18)10-5-2-6-11-17/h3-4,7-8H,2,5-6,9-13,18H2,1H3. The molecule has 4 heteroatoms. The maximum absolute atomic E-state index is 11.9. The molecule has 1 amide bonds. The Morgan fingerprint density at radius 2 is 1.90 bits per heavy atom. The maximum atomic E-state index is 11.9. The molecule has 3 rings (SSSR count). The van der Waals surface area contributed by atoms with Crippen LogP contribution in [0.25, 0.3) is 0 Å². The molecule has 2 N–H and O–H groups in total. The van der Waals surface area contributed by atoms with Crippen LogP contribution >= 0.6 is 0 Å². The Labute approximate surface area is 126 Å². The summed E-state index contributed by atoms with van der Waals surface area (Å²) in [6, 6.07) is 8.51. The van der Waals surface area contributed by atoms with Gasteiger partial charge in [0.1, 0.15) is 0 Å². The fraction of sp³-hybridized carbons (Fsp3) is 0.588. The Bertz CT molecular complexity index is 523. The minimum atomic E-state index is 0.0846. The number of carbonyl (C=O) groups is 1. The summed E-state index contributed by atoms with van der Waals surface area (Å²) in [4.78, 5) is 11.9. The van der Waals surface area contributed by atoms with Crippen molar-refractivity contribution in [2.45, 2.75) is 43.9 Å². The summed E-state index contributed by atoms with van der Waals surface area (Å²) >= 11 is 0. The van der Waals surface area contributed by atoms with Crippen LogP contribution in [0.1, 0.15) is 44.1 Å². The second kappa shape index (κ2) is 5.68. The fourth-order valence-electron chi connectivity index (χ4n) is 3.89. The normalized spacial score (nSPS) is 21.9. The number of hydrogen-bond acceptors (Lipinski definition) is 3. The van der Waals surface area contributed by atoms with Gasteiger partial charge in [0.15, 0.2) is 0 Å². The molecule has 2 fully saturated rings. The third-order valence-electron chi connectivity index (χ3n) is 5.22. The maximum Gasteiger partial charge on any atom is 0.242 e. The highest BCUT2D eigenvalue weighted by molar-refractivity contribution is 5.82. The van der Waals surface area contributed by atoms with Gasteiger partial charge in [-0.3, -0.25) is 14.8 Å². The van der Waals surface area contributed by atoms with Crippen molar-refractivity contribution in [2.75, 3.05) is 25.1 Å². The molecule has 1 aromatic rings. The lowest BCUT2D eigenvalue weighted by Gasteiger charge is -2.40. The van der Waals surface area contributed by atoms with E-state index in [0.29, 0.717) is 13.0 Å². The van der Waals surface area contributed by atoms with Crippen molar-refractivity contribution in [2.24, 2.45) is 5.73 Å². The number of benzene rings is 1. The number of rotatable bonds is 3. The van der Waals surface area contributed by atoms with Crippen molar-refractivity contribution in [1.29, 1.82) is 0 Å². The third kappa shape index (κ3) is 2.42. The van der Waals surface area contributed by atoms with Gasteiger partial charge in [0.25, 0.3) is 0 Å². The molecule has 1 saturated heterocycles. The van der Waals surface area contributed by atoms with E-state index in [2.05, 4.69) is 29.3 Å². The van der Waals surface area contributed by atoms with Crippen LogP contribution in [0.4, 0.5) is 5.69 Å². The molecule has 4 nitrogen and oxygen atoms in total. The molecule has 0 atom stereocenters. The average molecular weight is 287 g/mol. The number of nitrogens with zero attached hydrogens (tertiary/aromatic N) is 2. The van der Waals surface area contributed by atoms with E-state index in [1.165, 1.54) is 30.5 Å². The monoisotopic (exact) mass is 287 g/mol. The van der Waals surface area contributed by atoms with Crippen LogP contribution in [0, 0.1) is 0 Å². The van der Waals surface area contributed by atoms with Gasteiger partial charge in [-0.25, -0.2) is 0 Å². The van der Waals surface area contributed by atoms with Gasteiger partial charge >= 0.3 is 0 Å². The van der Waals surface area contributed by atoms with E-state index in [0.717, 1.165) is 19.4 Å². The highest BCUT2D eigenvalue weighted by atomic mass is 16.2. The fourth-order valence-corrected chi connectivity index (χ4v) is 3.89. The molecule has 1 heterocycles. The smallest absolute Gasteiger partial charge is 0.242 e. The van der Waals surface area contributed by atoms with Crippen LogP contribution in [0.5, 0.6) is 0 Å². The summed E-state index contributed by atoms with van der Waals surface area (Å²) in [6.45, 7) is 1.46. The van der Waals surface area contributed by atoms with E-state index < -0.39 is 0 Å². The first kappa shape index (κ1) is 14.4. The zero-order valence-electron chi connectivity index (χ0n) is 12.8. The molecule has 0 radical (unpaired) electrons. The van der Waals surface area contributed by atoms with Crippen molar-refractivity contribution in [3.63, 3.8) is 0 Å². The Kier molecular flexibility index (Phi) is 3.89. The molecular formula is C17H25N3O. The van der Waals surface area contributed by atoms with Gasteiger partial charge in [-0.05, 0) is 24.5 Å². The number of para-hydroxylation sites is 1. The highest BCUT2D eigenvalue weighted by Gasteiger charge is 2.37. The van der Waals surface area contributed by atoms with Gasteiger partial charge in [0.2, 0.25) is 5.91 Å². The minimum absolute atomic E-state index is 0.0846. The van der Waals surface area contributed by atoms with E-state index in [-0.39, 0.29) is 11.3 Å². The Morgan fingerprint density at radius 1 is 1.19 bits per heavy atom. The summed E-state index contributed by atoms with van der Waals surface area (Å²) in [5.41, 5.74) is 8.78. The van der Waals surface area contributed by atoms with Crippen LogP contribution in [-0.4, -0.2) is 31.1 Å². The van der Waals surface area contributed by atoms with Crippen LogP contribution in [-0.2, 0) is 10.2 Å². The number of hydrogen-bond donors (Lipinski definition) is 1. The molecule has 0 aromatic heterocycles. The molecular weight excluding hydrogens is 262 g/mol. The number of anilines is 1. The molecule has 0 spiro atoms. The third-order valence-corrected chi connectivity index (χ3v) is 5.22.